The fraction of sp³-hybridized carbons (Fsp3) is 0.538. The molecule has 2 heteroatoms. The van der Waals surface area contributed by atoms with Crippen molar-refractivity contribution < 1.29 is 8.78 Å². The Morgan fingerprint density at radius 3 is 2.40 bits per heavy atom. The third-order valence-corrected chi connectivity index (χ3v) is 2.70. The minimum atomic E-state index is -0.730. The maximum atomic E-state index is 13.4. The van der Waals surface area contributed by atoms with Crippen molar-refractivity contribution in [1.82, 2.24) is 0 Å². The summed E-state index contributed by atoms with van der Waals surface area (Å²) in [6.45, 7) is 3.99. The van der Waals surface area contributed by atoms with Gasteiger partial charge >= 0.3 is 0 Å². The Balaban J connectivity index is 2.83. The van der Waals surface area contributed by atoms with Crippen molar-refractivity contribution in [1.29, 1.82) is 0 Å². The molecule has 0 heterocycles. The molecule has 15 heavy (non-hydrogen) atoms. The smallest absolute Gasteiger partial charge is 0.162 e. The van der Waals surface area contributed by atoms with E-state index in [1.165, 1.54) is 6.07 Å². The van der Waals surface area contributed by atoms with Gasteiger partial charge in [-0.1, -0.05) is 32.8 Å². The van der Waals surface area contributed by atoms with Crippen molar-refractivity contribution in [2.24, 2.45) is 0 Å². The van der Waals surface area contributed by atoms with Gasteiger partial charge in [0.25, 0.3) is 0 Å². The number of halogens is 2. The van der Waals surface area contributed by atoms with Gasteiger partial charge in [-0.15, -0.1) is 0 Å². The van der Waals surface area contributed by atoms with Crippen LogP contribution in [0.4, 0.5) is 8.78 Å². The van der Waals surface area contributed by atoms with E-state index >= 15 is 0 Å². The van der Waals surface area contributed by atoms with Crippen LogP contribution >= 0.6 is 0 Å². The molecule has 84 valence electrons. The monoisotopic (exact) mass is 212 g/mol. The lowest BCUT2D eigenvalue weighted by molar-refractivity contribution is 0.497. The van der Waals surface area contributed by atoms with Crippen LogP contribution in [0.25, 0.3) is 0 Å². The Kier molecular flexibility index (Phi) is 4.73. The second-order valence-corrected chi connectivity index (χ2v) is 3.81. The van der Waals surface area contributed by atoms with E-state index in [9.17, 15) is 8.78 Å². The third kappa shape index (κ3) is 3.01. The van der Waals surface area contributed by atoms with Crippen molar-refractivity contribution in [3.63, 3.8) is 0 Å². The summed E-state index contributed by atoms with van der Waals surface area (Å²) in [5.41, 5.74) is 1.51. The molecule has 0 aliphatic rings. The van der Waals surface area contributed by atoms with Crippen molar-refractivity contribution in [2.45, 2.75) is 46.0 Å². The topological polar surface area (TPSA) is 0 Å². The summed E-state index contributed by atoms with van der Waals surface area (Å²) in [6, 6.07) is 2.95. The first-order chi connectivity index (χ1) is 7.20. The molecule has 0 atom stereocenters. The molecule has 0 aromatic heterocycles. The normalized spacial score (nSPS) is 10.7. The highest BCUT2D eigenvalue weighted by molar-refractivity contribution is 5.29. The van der Waals surface area contributed by atoms with Crippen LogP contribution in [0, 0.1) is 11.6 Å². The Labute approximate surface area is 90.3 Å². The molecule has 0 radical (unpaired) electrons. The van der Waals surface area contributed by atoms with Crippen molar-refractivity contribution in [2.75, 3.05) is 0 Å². The number of unbranched alkanes of at least 4 members (excludes halogenated alkanes) is 2. The minimum absolute atomic E-state index is 0.547. The number of benzene rings is 1. The molecule has 1 rings (SSSR count). The van der Waals surface area contributed by atoms with Gasteiger partial charge in [-0.05, 0) is 36.5 Å². The molecule has 0 saturated carbocycles. The Hall–Kier alpha value is -0.920. The first-order valence-corrected chi connectivity index (χ1v) is 5.66. The van der Waals surface area contributed by atoms with E-state index in [1.807, 2.05) is 6.92 Å². The fourth-order valence-corrected chi connectivity index (χ4v) is 1.81. The number of rotatable bonds is 5. The molecule has 0 aliphatic carbocycles. The summed E-state index contributed by atoms with van der Waals surface area (Å²) >= 11 is 0. The number of hydrogen-bond acceptors (Lipinski definition) is 0. The highest BCUT2D eigenvalue weighted by Gasteiger charge is 2.11. The largest absolute Gasteiger partial charge is 0.204 e. The zero-order valence-corrected chi connectivity index (χ0v) is 9.45. The van der Waals surface area contributed by atoms with Crippen LogP contribution in [0.15, 0.2) is 12.1 Å². The fourth-order valence-electron chi connectivity index (χ4n) is 1.81. The summed E-state index contributed by atoms with van der Waals surface area (Å²) in [5.74, 6) is -1.39. The highest BCUT2D eigenvalue weighted by atomic mass is 19.2. The van der Waals surface area contributed by atoms with Crippen LogP contribution in [0.2, 0.25) is 0 Å². The molecule has 0 amide bonds. The summed E-state index contributed by atoms with van der Waals surface area (Å²) in [7, 11) is 0. The maximum Gasteiger partial charge on any atom is 0.162 e. The minimum Gasteiger partial charge on any atom is -0.204 e. The van der Waals surface area contributed by atoms with Gasteiger partial charge in [-0.2, -0.15) is 0 Å². The molecule has 0 saturated heterocycles. The van der Waals surface area contributed by atoms with Crippen LogP contribution in [0.5, 0.6) is 0 Å². The van der Waals surface area contributed by atoms with E-state index < -0.39 is 11.6 Å². The zero-order valence-electron chi connectivity index (χ0n) is 9.45. The quantitative estimate of drug-likeness (QED) is 0.640. The third-order valence-electron chi connectivity index (χ3n) is 2.70. The van der Waals surface area contributed by atoms with E-state index in [4.69, 9.17) is 0 Å². The lowest BCUT2D eigenvalue weighted by atomic mass is 9.99. The Morgan fingerprint density at radius 1 is 1.07 bits per heavy atom. The average molecular weight is 212 g/mol. The summed E-state index contributed by atoms with van der Waals surface area (Å²) in [5, 5.41) is 0. The average Bonchev–Trinajstić information content (AvgIpc) is 2.24. The SMILES string of the molecule is CCCCCc1ccc(F)c(F)c1CC. The molecular weight excluding hydrogens is 194 g/mol. The van der Waals surface area contributed by atoms with E-state index in [2.05, 4.69) is 6.92 Å². The molecule has 1 aromatic carbocycles. The molecule has 0 N–H and O–H groups in total. The van der Waals surface area contributed by atoms with Crippen molar-refractivity contribution in [3.8, 4) is 0 Å². The van der Waals surface area contributed by atoms with Crippen LogP contribution < -0.4 is 0 Å². The van der Waals surface area contributed by atoms with Crippen LogP contribution in [0.1, 0.15) is 44.2 Å². The Morgan fingerprint density at radius 2 is 1.80 bits per heavy atom. The van der Waals surface area contributed by atoms with Gasteiger partial charge in [0.05, 0.1) is 0 Å². The Bertz CT molecular complexity index is 319. The molecule has 0 fully saturated rings. The lowest BCUT2D eigenvalue weighted by Crippen LogP contribution is -2.00. The first kappa shape index (κ1) is 12.2. The van der Waals surface area contributed by atoms with Gasteiger partial charge in [-0.25, -0.2) is 8.78 Å². The van der Waals surface area contributed by atoms with E-state index in [0.717, 1.165) is 31.2 Å². The highest BCUT2D eigenvalue weighted by Crippen LogP contribution is 2.19. The molecule has 0 spiro atoms. The van der Waals surface area contributed by atoms with Gasteiger partial charge < -0.3 is 0 Å². The molecule has 1 aromatic rings. The predicted molar refractivity (Wildman–Crippen MR) is 59.0 cm³/mol. The van der Waals surface area contributed by atoms with Crippen molar-refractivity contribution in [3.05, 3.63) is 34.9 Å². The first-order valence-electron chi connectivity index (χ1n) is 5.66. The summed E-state index contributed by atoms with van der Waals surface area (Å²) in [6.07, 6.45) is 4.75. The van der Waals surface area contributed by atoms with E-state index in [0.29, 0.717) is 12.0 Å². The number of aryl methyl sites for hydroxylation is 1. The van der Waals surface area contributed by atoms with E-state index in [-0.39, 0.29) is 0 Å². The van der Waals surface area contributed by atoms with Gasteiger partial charge in [0.15, 0.2) is 11.6 Å². The van der Waals surface area contributed by atoms with E-state index in [1.54, 1.807) is 6.07 Å². The van der Waals surface area contributed by atoms with Gasteiger partial charge in [0, 0.05) is 0 Å². The molecule has 0 bridgehead atoms. The predicted octanol–water partition coefficient (Wildman–Crippen LogP) is 4.26. The maximum absolute atomic E-state index is 13.4. The van der Waals surface area contributed by atoms with Crippen molar-refractivity contribution >= 4 is 0 Å². The van der Waals surface area contributed by atoms with Gasteiger partial charge in [0.1, 0.15) is 0 Å². The number of hydrogen-bond donors (Lipinski definition) is 0. The molecule has 0 aliphatic heterocycles. The lowest BCUT2D eigenvalue weighted by Gasteiger charge is -2.09. The molecular formula is C13H18F2. The second-order valence-electron chi connectivity index (χ2n) is 3.81. The second kappa shape index (κ2) is 5.84. The standard InChI is InChI=1S/C13H18F2/c1-3-5-6-7-10-8-9-12(14)13(15)11(10)4-2/h8-9H,3-7H2,1-2H3. The van der Waals surface area contributed by atoms with Gasteiger partial charge in [0.2, 0.25) is 0 Å². The molecule has 0 unspecified atom stereocenters. The van der Waals surface area contributed by atoms with Gasteiger partial charge in [-0.3, -0.25) is 0 Å². The van der Waals surface area contributed by atoms with Crippen LogP contribution in [-0.4, -0.2) is 0 Å². The van der Waals surface area contributed by atoms with Crippen LogP contribution in [-0.2, 0) is 12.8 Å². The molecule has 0 nitrogen and oxygen atoms in total. The zero-order chi connectivity index (χ0) is 11.3. The van der Waals surface area contributed by atoms with Crippen LogP contribution in [0.3, 0.4) is 0 Å². The summed E-state index contributed by atoms with van der Waals surface area (Å²) in [4.78, 5) is 0. The summed E-state index contributed by atoms with van der Waals surface area (Å²) < 4.78 is 26.4.